The van der Waals surface area contributed by atoms with E-state index in [0.29, 0.717) is 29.4 Å². The molecule has 1 aliphatic rings. The third-order valence-electron chi connectivity index (χ3n) is 5.30. The number of benzene rings is 2. The fourth-order valence-corrected chi connectivity index (χ4v) is 6.17. The minimum absolute atomic E-state index is 0.279. The molecule has 5 nitrogen and oxygen atoms in total. The normalized spacial score (nSPS) is 17.5. The van der Waals surface area contributed by atoms with E-state index in [1.165, 1.54) is 0 Å². The van der Waals surface area contributed by atoms with E-state index < -0.39 is 10.0 Å². The SMILES string of the molecule is COc1cc2c(cc1OC)[C@@H](C)N(S(=O)(=O)c1c(C)cc(C)cc1C)CC2. The number of sulfonamides is 1. The van der Waals surface area contributed by atoms with E-state index in [1.54, 1.807) is 18.5 Å². The number of nitrogens with zero attached hydrogens (tertiary/aromatic N) is 1. The number of methoxy groups -OCH3 is 2. The van der Waals surface area contributed by atoms with Gasteiger partial charge in [-0.3, -0.25) is 0 Å². The van der Waals surface area contributed by atoms with E-state index in [0.717, 1.165) is 27.8 Å². The highest BCUT2D eigenvalue weighted by atomic mass is 32.2. The molecule has 3 rings (SSSR count). The lowest BCUT2D eigenvalue weighted by molar-refractivity contribution is 0.318. The Bertz CT molecular complexity index is 959. The van der Waals surface area contributed by atoms with Gasteiger partial charge in [-0.2, -0.15) is 4.31 Å². The third-order valence-corrected chi connectivity index (χ3v) is 7.58. The van der Waals surface area contributed by atoms with E-state index >= 15 is 0 Å². The summed E-state index contributed by atoms with van der Waals surface area (Å²) < 4.78 is 39.4. The summed E-state index contributed by atoms with van der Waals surface area (Å²) in [5.41, 5.74) is 4.71. The minimum Gasteiger partial charge on any atom is -0.493 e. The Labute approximate surface area is 162 Å². The van der Waals surface area contributed by atoms with Crippen LogP contribution < -0.4 is 9.47 Å². The Morgan fingerprint density at radius 3 is 2.07 bits per heavy atom. The topological polar surface area (TPSA) is 55.8 Å². The summed E-state index contributed by atoms with van der Waals surface area (Å²) in [6, 6.07) is 7.43. The van der Waals surface area contributed by atoms with Crippen LogP contribution in [0.3, 0.4) is 0 Å². The van der Waals surface area contributed by atoms with Crippen LogP contribution in [0.25, 0.3) is 0 Å². The Hall–Kier alpha value is -2.05. The smallest absolute Gasteiger partial charge is 0.244 e. The maximum absolute atomic E-state index is 13.5. The van der Waals surface area contributed by atoms with Crippen LogP contribution in [-0.2, 0) is 16.4 Å². The van der Waals surface area contributed by atoms with Crippen molar-refractivity contribution in [1.29, 1.82) is 0 Å². The molecule has 0 N–H and O–H groups in total. The lowest BCUT2D eigenvalue weighted by Gasteiger charge is -2.35. The van der Waals surface area contributed by atoms with Gasteiger partial charge in [0.25, 0.3) is 0 Å². The van der Waals surface area contributed by atoms with Crippen LogP contribution in [0.2, 0.25) is 0 Å². The zero-order valence-corrected chi connectivity index (χ0v) is 17.6. The molecule has 0 fully saturated rings. The molecule has 27 heavy (non-hydrogen) atoms. The number of ether oxygens (including phenoxy) is 2. The first-order chi connectivity index (χ1) is 12.7. The minimum atomic E-state index is -3.61. The van der Waals surface area contributed by atoms with Crippen LogP contribution in [0.5, 0.6) is 11.5 Å². The first-order valence-electron chi connectivity index (χ1n) is 9.05. The molecule has 146 valence electrons. The van der Waals surface area contributed by atoms with Crippen molar-refractivity contribution in [3.05, 3.63) is 52.1 Å². The number of fused-ring (bicyclic) bond motifs is 1. The monoisotopic (exact) mass is 389 g/mol. The van der Waals surface area contributed by atoms with Crippen molar-refractivity contribution in [1.82, 2.24) is 4.31 Å². The Morgan fingerprint density at radius 1 is 0.963 bits per heavy atom. The van der Waals surface area contributed by atoms with Crippen molar-refractivity contribution in [3.8, 4) is 11.5 Å². The standard InChI is InChI=1S/C21H27NO4S/c1-13-9-14(2)21(15(3)10-13)27(23,24)22-8-7-17-11-19(25-5)20(26-6)12-18(17)16(22)4/h9-12,16H,7-8H2,1-6H3/t16-/m1/s1. The zero-order valence-electron chi connectivity index (χ0n) is 16.8. The van der Waals surface area contributed by atoms with Crippen molar-refractivity contribution in [2.75, 3.05) is 20.8 Å². The van der Waals surface area contributed by atoms with E-state index in [9.17, 15) is 8.42 Å². The van der Waals surface area contributed by atoms with Gasteiger partial charge in [0.1, 0.15) is 0 Å². The summed E-state index contributed by atoms with van der Waals surface area (Å²) in [5.74, 6) is 1.29. The molecular weight excluding hydrogens is 362 g/mol. The molecule has 0 unspecified atom stereocenters. The fraction of sp³-hybridized carbons (Fsp3) is 0.429. The van der Waals surface area contributed by atoms with Crippen LogP contribution >= 0.6 is 0 Å². The number of rotatable bonds is 4. The van der Waals surface area contributed by atoms with Crippen LogP contribution in [0.4, 0.5) is 0 Å². The molecule has 0 aliphatic carbocycles. The van der Waals surface area contributed by atoms with Crippen molar-refractivity contribution in [2.45, 2.75) is 45.1 Å². The van der Waals surface area contributed by atoms with Gasteiger partial charge in [-0.25, -0.2) is 8.42 Å². The van der Waals surface area contributed by atoms with E-state index in [-0.39, 0.29) is 6.04 Å². The predicted molar refractivity (Wildman–Crippen MR) is 106 cm³/mol. The fourth-order valence-electron chi connectivity index (χ4n) is 4.14. The first-order valence-corrected chi connectivity index (χ1v) is 10.5. The molecule has 2 aromatic rings. The highest BCUT2D eigenvalue weighted by molar-refractivity contribution is 7.89. The molecule has 0 amide bonds. The van der Waals surface area contributed by atoms with Crippen LogP contribution in [-0.4, -0.2) is 33.5 Å². The highest BCUT2D eigenvalue weighted by Crippen LogP contribution is 2.40. The van der Waals surface area contributed by atoms with Gasteiger partial charge in [-0.1, -0.05) is 17.7 Å². The van der Waals surface area contributed by atoms with Crippen molar-refractivity contribution in [3.63, 3.8) is 0 Å². The average Bonchev–Trinajstić information content (AvgIpc) is 2.59. The second kappa shape index (κ2) is 7.17. The lowest BCUT2D eigenvalue weighted by atomic mass is 9.94. The van der Waals surface area contributed by atoms with Gasteiger partial charge in [0.05, 0.1) is 19.1 Å². The van der Waals surface area contributed by atoms with Gasteiger partial charge in [0.15, 0.2) is 11.5 Å². The van der Waals surface area contributed by atoms with Gasteiger partial charge < -0.3 is 9.47 Å². The Kier molecular flexibility index (Phi) is 5.23. The largest absolute Gasteiger partial charge is 0.493 e. The summed E-state index contributed by atoms with van der Waals surface area (Å²) in [7, 11) is -0.410. The zero-order chi connectivity index (χ0) is 19.9. The first kappa shape index (κ1) is 19.7. The van der Waals surface area contributed by atoms with Crippen molar-refractivity contribution < 1.29 is 17.9 Å². The molecule has 1 heterocycles. The van der Waals surface area contributed by atoms with E-state index in [4.69, 9.17) is 9.47 Å². The maximum Gasteiger partial charge on any atom is 0.244 e. The third kappa shape index (κ3) is 3.32. The maximum atomic E-state index is 13.5. The molecule has 0 aromatic heterocycles. The average molecular weight is 390 g/mol. The summed E-state index contributed by atoms with van der Waals surface area (Å²) in [6.45, 7) is 8.08. The molecule has 0 spiro atoms. The van der Waals surface area contributed by atoms with Crippen molar-refractivity contribution in [2.24, 2.45) is 0 Å². The summed E-state index contributed by atoms with van der Waals surface area (Å²) >= 11 is 0. The second-order valence-electron chi connectivity index (χ2n) is 7.18. The van der Waals surface area contributed by atoms with Gasteiger partial charge in [0.2, 0.25) is 10.0 Å². The molecule has 1 aliphatic heterocycles. The summed E-state index contributed by atoms with van der Waals surface area (Å²) in [4.78, 5) is 0.420. The lowest BCUT2D eigenvalue weighted by Crippen LogP contribution is -2.39. The Morgan fingerprint density at radius 2 is 1.52 bits per heavy atom. The number of hydrogen-bond acceptors (Lipinski definition) is 4. The highest BCUT2D eigenvalue weighted by Gasteiger charge is 2.36. The molecule has 2 aromatic carbocycles. The van der Waals surface area contributed by atoms with Crippen LogP contribution in [0.1, 0.15) is 40.8 Å². The van der Waals surface area contributed by atoms with Crippen molar-refractivity contribution >= 4 is 10.0 Å². The summed E-state index contributed by atoms with van der Waals surface area (Å²) in [6.07, 6.45) is 0.642. The Balaban J connectivity index is 2.08. The molecule has 1 atom stereocenters. The quantitative estimate of drug-likeness (QED) is 0.795. The molecule has 0 saturated carbocycles. The number of hydrogen-bond donors (Lipinski definition) is 0. The van der Waals surface area contributed by atoms with Gasteiger partial charge in [-0.05, 0) is 68.5 Å². The van der Waals surface area contributed by atoms with E-state index in [2.05, 4.69) is 0 Å². The summed E-state index contributed by atoms with van der Waals surface area (Å²) in [5, 5.41) is 0. The molecule has 0 bridgehead atoms. The molecule has 0 radical (unpaired) electrons. The molecule has 6 heteroatoms. The van der Waals surface area contributed by atoms with Crippen LogP contribution in [0, 0.1) is 20.8 Å². The molecule has 0 saturated heterocycles. The van der Waals surface area contributed by atoms with E-state index in [1.807, 2.05) is 52.0 Å². The van der Waals surface area contributed by atoms with Gasteiger partial charge in [-0.15, -0.1) is 0 Å². The molecular formula is C21H27NO4S. The second-order valence-corrected chi connectivity index (χ2v) is 9.00. The van der Waals surface area contributed by atoms with Gasteiger partial charge >= 0.3 is 0 Å². The van der Waals surface area contributed by atoms with Crippen LogP contribution in [0.15, 0.2) is 29.2 Å². The van der Waals surface area contributed by atoms with Gasteiger partial charge in [0, 0.05) is 12.6 Å². The number of aryl methyl sites for hydroxylation is 3. The predicted octanol–water partition coefficient (Wildman–Crippen LogP) is 3.94.